The summed E-state index contributed by atoms with van der Waals surface area (Å²) in [5.74, 6) is -0.809. The first-order valence-electron chi connectivity index (χ1n) is 6.65. The molecule has 0 unspecified atom stereocenters. The molecule has 0 atom stereocenters. The van der Waals surface area contributed by atoms with E-state index in [4.69, 9.17) is 5.73 Å². The van der Waals surface area contributed by atoms with Crippen LogP contribution in [0.4, 0.5) is 24.5 Å². The zero-order valence-electron chi connectivity index (χ0n) is 12.7. The number of alkyl halides is 3. The number of esters is 1. The van der Waals surface area contributed by atoms with Crippen LogP contribution >= 0.6 is 11.8 Å². The van der Waals surface area contributed by atoms with Crippen molar-refractivity contribution in [3.63, 3.8) is 0 Å². The molecule has 0 heterocycles. The molecule has 10 heteroatoms. The smallest absolute Gasteiger partial charge is 0.416 e. The number of nitrogen functional groups attached to an aromatic ring is 1. The van der Waals surface area contributed by atoms with Crippen molar-refractivity contribution >= 4 is 29.1 Å². The maximum atomic E-state index is 12.7. The zero-order chi connectivity index (χ0) is 18.8. The number of nitrogens with two attached hydrogens (primary N) is 1. The molecular weight excluding hydrogens is 361 g/mol. The van der Waals surface area contributed by atoms with Gasteiger partial charge in [0.05, 0.1) is 23.2 Å². The average Bonchev–Trinajstić information content (AvgIpc) is 2.54. The van der Waals surface area contributed by atoms with Crippen molar-refractivity contribution in [1.82, 2.24) is 0 Å². The summed E-state index contributed by atoms with van der Waals surface area (Å²) in [4.78, 5) is 22.4. The number of benzene rings is 2. The lowest BCUT2D eigenvalue weighted by atomic mass is 10.2. The van der Waals surface area contributed by atoms with Gasteiger partial charge in [0, 0.05) is 16.6 Å². The van der Waals surface area contributed by atoms with Crippen LogP contribution in [-0.4, -0.2) is 18.0 Å². The number of methoxy groups -OCH3 is 1. The number of carbonyl (C=O) groups excluding carboxylic acids is 1. The molecule has 0 bridgehead atoms. The van der Waals surface area contributed by atoms with Gasteiger partial charge >= 0.3 is 12.1 Å². The number of carbonyl (C=O) groups is 1. The van der Waals surface area contributed by atoms with E-state index in [1.54, 1.807) is 0 Å². The maximum Gasteiger partial charge on any atom is 0.416 e. The number of nitro groups is 1. The molecule has 25 heavy (non-hydrogen) atoms. The van der Waals surface area contributed by atoms with Crippen molar-refractivity contribution in [1.29, 1.82) is 0 Å². The van der Waals surface area contributed by atoms with E-state index in [1.165, 1.54) is 18.2 Å². The highest BCUT2D eigenvalue weighted by Crippen LogP contribution is 2.41. The van der Waals surface area contributed by atoms with Gasteiger partial charge in [0.15, 0.2) is 0 Å². The van der Waals surface area contributed by atoms with Crippen molar-refractivity contribution in [3.05, 3.63) is 57.6 Å². The van der Waals surface area contributed by atoms with Crippen LogP contribution in [-0.2, 0) is 10.9 Å². The number of nitro benzene ring substituents is 1. The molecule has 0 aromatic heterocycles. The first-order valence-corrected chi connectivity index (χ1v) is 7.47. The molecular formula is C15H11F3N2O4S. The molecule has 2 N–H and O–H groups in total. The van der Waals surface area contributed by atoms with Gasteiger partial charge in [-0.15, -0.1) is 0 Å². The number of hydrogen-bond acceptors (Lipinski definition) is 6. The van der Waals surface area contributed by atoms with E-state index in [2.05, 4.69) is 4.74 Å². The molecule has 0 aliphatic rings. The molecule has 0 aliphatic heterocycles. The Bertz CT molecular complexity index is 840. The van der Waals surface area contributed by atoms with E-state index in [0.717, 1.165) is 37.1 Å². The fourth-order valence-electron chi connectivity index (χ4n) is 1.97. The van der Waals surface area contributed by atoms with Crippen molar-refractivity contribution in [2.24, 2.45) is 0 Å². The summed E-state index contributed by atoms with van der Waals surface area (Å²) in [6.45, 7) is 0. The second kappa shape index (κ2) is 7.01. The SMILES string of the molecule is COC(=O)c1cccc([N+](=O)[O-])c1Sc1ccc(C(F)(F)F)cc1N. The zero-order valence-corrected chi connectivity index (χ0v) is 13.5. The van der Waals surface area contributed by atoms with Crippen LogP contribution in [0.15, 0.2) is 46.2 Å². The number of anilines is 1. The second-order valence-electron chi connectivity index (χ2n) is 4.75. The number of nitrogens with zero attached hydrogens (tertiary/aromatic N) is 1. The van der Waals surface area contributed by atoms with Crippen molar-refractivity contribution in [3.8, 4) is 0 Å². The van der Waals surface area contributed by atoms with E-state index < -0.39 is 22.6 Å². The van der Waals surface area contributed by atoms with E-state index in [0.29, 0.717) is 0 Å². The van der Waals surface area contributed by atoms with Gasteiger partial charge in [-0.25, -0.2) is 4.79 Å². The fraction of sp³-hybridized carbons (Fsp3) is 0.133. The molecule has 0 radical (unpaired) electrons. The predicted molar refractivity (Wildman–Crippen MR) is 84.4 cm³/mol. The van der Waals surface area contributed by atoms with E-state index in [-0.39, 0.29) is 26.7 Å². The molecule has 2 aromatic carbocycles. The predicted octanol–water partition coefficient (Wildman–Crippen LogP) is 4.13. The third-order valence-corrected chi connectivity index (χ3v) is 4.37. The summed E-state index contributed by atoms with van der Waals surface area (Å²) in [6.07, 6.45) is -4.56. The number of rotatable bonds is 4. The molecule has 0 saturated carbocycles. The lowest BCUT2D eigenvalue weighted by Gasteiger charge is -2.12. The molecule has 6 nitrogen and oxygen atoms in total. The molecule has 0 aliphatic carbocycles. The van der Waals surface area contributed by atoms with Crippen LogP contribution in [0, 0.1) is 10.1 Å². The Morgan fingerprint density at radius 3 is 2.48 bits per heavy atom. The van der Waals surface area contributed by atoms with Gasteiger partial charge in [0.1, 0.15) is 4.90 Å². The second-order valence-corrected chi connectivity index (χ2v) is 5.81. The largest absolute Gasteiger partial charge is 0.465 e. The minimum Gasteiger partial charge on any atom is -0.465 e. The third-order valence-electron chi connectivity index (χ3n) is 3.15. The lowest BCUT2D eigenvalue weighted by Crippen LogP contribution is -2.07. The summed E-state index contributed by atoms with van der Waals surface area (Å²) in [5.41, 5.74) is 4.03. The first-order chi connectivity index (χ1) is 11.6. The van der Waals surface area contributed by atoms with Gasteiger partial charge in [-0.05, 0) is 24.3 Å². The van der Waals surface area contributed by atoms with Crippen LogP contribution in [0.25, 0.3) is 0 Å². The summed E-state index contributed by atoms with van der Waals surface area (Å²) >= 11 is 0.724. The molecule has 0 spiro atoms. The summed E-state index contributed by atoms with van der Waals surface area (Å²) in [5, 5.41) is 11.2. The summed E-state index contributed by atoms with van der Waals surface area (Å²) < 4.78 is 42.7. The first kappa shape index (κ1) is 18.6. The number of ether oxygens (including phenoxy) is 1. The van der Waals surface area contributed by atoms with Gasteiger partial charge in [-0.3, -0.25) is 10.1 Å². The Kier molecular flexibility index (Phi) is 5.21. The van der Waals surface area contributed by atoms with Crippen molar-refractivity contribution in [2.45, 2.75) is 16.0 Å². The van der Waals surface area contributed by atoms with Crippen LogP contribution in [0.2, 0.25) is 0 Å². The Labute approximate surface area is 143 Å². The number of halogens is 3. The van der Waals surface area contributed by atoms with Crippen LogP contribution in [0.3, 0.4) is 0 Å². The highest BCUT2D eigenvalue weighted by atomic mass is 32.2. The molecule has 0 amide bonds. The van der Waals surface area contributed by atoms with Gasteiger partial charge < -0.3 is 10.5 Å². The third kappa shape index (κ3) is 4.02. The van der Waals surface area contributed by atoms with Gasteiger partial charge in [0.25, 0.3) is 5.69 Å². The molecule has 132 valence electrons. The fourth-order valence-corrected chi connectivity index (χ4v) is 3.02. The normalized spacial score (nSPS) is 11.2. The Morgan fingerprint density at radius 1 is 1.28 bits per heavy atom. The van der Waals surface area contributed by atoms with E-state index in [1.807, 2.05) is 0 Å². The standard InChI is InChI=1S/C15H11F3N2O4S/c1-24-14(21)9-3-2-4-11(20(22)23)13(9)25-12-6-5-8(7-10(12)19)15(16,17)18/h2-7H,19H2,1H3. The topological polar surface area (TPSA) is 95.5 Å². The van der Waals surface area contributed by atoms with E-state index in [9.17, 15) is 28.1 Å². The van der Waals surface area contributed by atoms with Crippen LogP contribution in [0.1, 0.15) is 15.9 Å². The Hall–Kier alpha value is -2.75. The molecule has 0 saturated heterocycles. The highest BCUT2D eigenvalue weighted by Gasteiger charge is 2.31. The lowest BCUT2D eigenvalue weighted by molar-refractivity contribution is -0.387. The Balaban J connectivity index is 2.53. The summed E-state index contributed by atoms with van der Waals surface area (Å²) in [6, 6.07) is 6.45. The summed E-state index contributed by atoms with van der Waals surface area (Å²) in [7, 11) is 1.11. The Morgan fingerprint density at radius 2 is 1.96 bits per heavy atom. The molecule has 0 fully saturated rings. The minimum atomic E-state index is -4.56. The van der Waals surface area contributed by atoms with Crippen LogP contribution in [0.5, 0.6) is 0 Å². The number of hydrogen-bond donors (Lipinski definition) is 1. The highest BCUT2D eigenvalue weighted by molar-refractivity contribution is 7.99. The average molecular weight is 372 g/mol. The quantitative estimate of drug-likeness (QED) is 0.375. The van der Waals surface area contributed by atoms with Crippen LogP contribution < -0.4 is 5.73 Å². The van der Waals surface area contributed by atoms with Gasteiger partial charge in [0.2, 0.25) is 0 Å². The van der Waals surface area contributed by atoms with E-state index >= 15 is 0 Å². The van der Waals surface area contributed by atoms with Gasteiger partial charge in [-0.1, -0.05) is 17.8 Å². The molecule has 2 rings (SSSR count). The van der Waals surface area contributed by atoms with Gasteiger partial charge in [-0.2, -0.15) is 13.2 Å². The monoisotopic (exact) mass is 372 g/mol. The molecule has 2 aromatic rings. The maximum absolute atomic E-state index is 12.7. The van der Waals surface area contributed by atoms with Crippen molar-refractivity contribution in [2.75, 3.05) is 12.8 Å². The van der Waals surface area contributed by atoms with Crippen molar-refractivity contribution < 1.29 is 27.6 Å². The minimum absolute atomic E-state index is 0.0641.